The first-order valence-corrected chi connectivity index (χ1v) is 6.66. The van der Waals surface area contributed by atoms with Gasteiger partial charge in [-0.15, -0.1) is 0 Å². The molecule has 1 aliphatic rings. The lowest BCUT2D eigenvalue weighted by Crippen LogP contribution is -2.45. The molecule has 1 amide bonds. The second kappa shape index (κ2) is 6.97. The number of likely N-dealkylation sites (N-methyl/N-ethyl adjacent to an activating group) is 1. The number of amides is 1. The van der Waals surface area contributed by atoms with Crippen molar-refractivity contribution in [3.63, 3.8) is 0 Å². The van der Waals surface area contributed by atoms with E-state index in [-0.39, 0.29) is 11.9 Å². The molecule has 0 saturated heterocycles. The summed E-state index contributed by atoms with van der Waals surface area (Å²) in [5.74, 6) is 0.636. The average molecular weight is 241 g/mol. The molecule has 0 aromatic heterocycles. The maximum absolute atomic E-state index is 11.8. The van der Waals surface area contributed by atoms with Crippen LogP contribution in [0.3, 0.4) is 0 Å². The highest BCUT2D eigenvalue weighted by Crippen LogP contribution is 2.18. The Kier molecular flexibility index (Phi) is 5.92. The molecular weight excluding hydrogens is 214 g/mol. The second-order valence-corrected chi connectivity index (χ2v) is 5.66. The Morgan fingerprint density at radius 1 is 1.35 bits per heavy atom. The number of carbonyl (C=O) groups is 1. The molecule has 100 valence electrons. The lowest BCUT2D eigenvalue weighted by Gasteiger charge is -2.25. The monoisotopic (exact) mass is 241 g/mol. The number of hydrogen-bond acceptors (Lipinski definition) is 3. The van der Waals surface area contributed by atoms with Crippen molar-refractivity contribution < 1.29 is 4.79 Å². The van der Waals surface area contributed by atoms with Crippen molar-refractivity contribution in [2.24, 2.45) is 5.92 Å². The van der Waals surface area contributed by atoms with Gasteiger partial charge in [0.1, 0.15) is 0 Å². The summed E-state index contributed by atoms with van der Waals surface area (Å²) in [5.41, 5.74) is 0. The largest absolute Gasteiger partial charge is 0.352 e. The topological polar surface area (TPSA) is 44.4 Å². The number of hydrogen-bond donors (Lipinski definition) is 2. The van der Waals surface area contributed by atoms with E-state index in [4.69, 9.17) is 0 Å². The average Bonchev–Trinajstić information content (AvgIpc) is 2.99. The number of nitrogens with zero attached hydrogens (tertiary/aromatic N) is 1. The summed E-state index contributed by atoms with van der Waals surface area (Å²) >= 11 is 0. The Morgan fingerprint density at radius 3 is 2.47 bits per heavy atom. The smallest absolute Gasteiger partial charge is 0.221 e. The van der Waals surface area contributed by atoms with Crippen LogP contribution in [0, 0.1) is 5.92 Å². The van der Waals surface area contributed by atoms with Gasteiger partial charge in [0.15, 0.2) is 0 Å². The lowest BCUT2D eigenvalue weighted by molar-refractivity contribution is -0.122. The molecule has 2 N–H and O–H groups in total. The number of carbonyl (C=O) groups excluding carboxylic acids is 1. The zero-order valence-corrected chi connectivity index (χ0v) is 11.6. The van der Waals surface area contributed by atoms with Gasteiger partial charge in [-0.25, -0.2) is 0 Å². The number of rotatable bonds is 8. The summed E-state index contributed by atoms with van der Waals surface area (Å²) < 4.78 is 0. The minimum Gasteiger partial charge on any atom is -0.352 e. The van der Waals surface area contributed by atoms with Crippen molar-refractivity contribution in [1.29, 1.82) is 0 Å². The van der Waals surface area contributed by atoms with E-state index in [0.29, 0.717) is 18.4 Å². The quantitative estimate of drug-likeness (QED) is 0.661. The Labute approximate surface area is 105 Å². The van der Waals surface area contributed by atoms with Crippen LogP contribution in [0.2, 0.25) is 0 Å². The van der Waals surface area contributed by atoms with Gasteiger partial charge in [-0.3, -0.25) is 4.79 Å². The third-order valence-electron chi connectivity index (χ3n) is 3.08. The maximum Gasteiger partial charge on any atom is 0.221 e. The van der Waals surface area contributed by atoms with Gasteiger partial charge in [0.2, 0.25) is 5.91 Å². The summed E-state index contributed by atoms with van der Waals surface area (Å²) in [6.07, 6.45) is 3.14. The third kappa shape index (κ3) is 6.64. The van der Waals surface area contributed by atoms with Gasteiger partial charge in [-0.2, -0.15) is 0 Å². The highest BCUT2D eigenvalue weighted by Gasteiger charge is 2.21. The van der Waals surface area contributed by atoms with Crippen LogP contribution in [-0.2, 0) is 4.79 Å². The fourth-order valence-electron chi connectivity index (χ4n) is 1.77. The van der Waals surface area contributed by atoms with E-state index in [1.165, 1.54) is 12.8 Å². The zero-order valence-electron chi connectivity index (χ0n) is 11.6. The predicted octanol–water partition coefficient (Wildman–Crippen LogP) is 0.831. The molecule has 4 heteroatoms. The van der Waals surface area contributed by atoms with Crippen LogP contribution in [0.4, 0.5) is 0 Å². The molecule has 0 spiro atoms. The van der Waals surface area contributed by atoms with Gasteiger partial charge in [-0.1, -0.05) is 13.8 Å². The normalized spacial score (nSPS) is 17.5. The van der Waals surface area contributed by atoms with Crippen LogP contribution < -0.4 is 10.6 Å². The summed E-state index contributed by atoms with van der Waals surface area (Å²) in [5, 5.41) is 6.48. The minimum absolute atomic E-state index is 0.165. The van der Waals surface area contributed by atoms with E-state index in [9.17, 15) is 4.79 Å². The van der Waals surface area contributed by atoms with Crippen LogP contribution in [0.25, 0.3) is 0 Å². The van der Waals surface area contributed by atoms with Gasteiger partial charge in [0.25, 0.3) is 0 Å². The Morgan fingerprint density at radius 2 is 2.00 bits per heavy atom. The molecule has 0 aromatic rings. The molecule has 1 unspecified atom stereocenters. The molecule has 0 radical (unpaired) electrons. The van der Waals surface area contributed by atoms with Crippen molar-refractivity contribution in [2.45, 2.75) is 45.2 Å². The molecule has 4 nitrogen and oxygen atoms in total. The van der Waals surface area contributed by atoms with Crippen LogP contribution >= 0.6 is 0 Å². The molecule has 0 bridgehead atoms. The third-order valence-corrected chi connectivity index (χ3v) is 3.08. The van der Waals surface area contributed by atoms with E-state index in [1.807, 2.05) is 14.1 Å². The first-order chi connectivity index (χ1) is 7.99. The van der Waals surface area contributed by atoms with Crippen LogP contribution in [-0.4, -0.2) is 50.1 Å². The second-order valence-electron chi connectivity index (χ2n) is 5.66. The highest BCUT2D eigenvalue weighted by atomic mass is 16.1. The summed E-state index contributed by atoms with van der Waals surface area (Å²) in [6.45, 7) is 6.01. The van der Waals surface area contributed by atoms with E-state index < -0.39 is 0 Å². The van der Waals surface area contributed by atoms with E-state index in [1.54, 1.807) is 0 Å². The maximum atomic E-state index is 11.8. The Balaban J connectivity index is 2.19. The van der Waals surface area contributed by atoms with Crippen molar-refractivity contribution in [3.05, 3.63) is 0 Å². The molecule has 1 rings (SSSR count). The molecule has 0 heterocycles. The lowest BCUT2D eigenvalue weighted by atomic mass is 10.0. The number of nitrogens with one attached hydrogen (secondary N) is 2. The van der Waals surface area contributed by atoms with Gasteiger partial charge < -0.3 is 15.5 Å². The van der Waals surface area contributed by atoms with Crippen molar-refractivity contribution in [2.75, 3.05) is 27.2 Å². The van der Waals surface area contributed by atoms with E-state index in [0.717, 1.165) is 13.1 Å². The van der Waals surface area contributed by atoms with Gasteiger partial charge >= 0.3 is 0 Å². The molecular formula is C13H27N3O. The van der Waals surface area contributed by atoms with Crippen LogP contribution in [0.1, 0.15) is 33.1 Å². The fourth-order valence-corrected chi connectivity index (χ4v) is 1.77. The van der Waals surface area contributed by atoms with Gasteiger partial charge in [0, 0.05) is 31.6 Å². The van der Waals surface area contributed by atoms with Crippen molar-refractivity contribution >= 4 is 5.91 Å². The SMILES string of the molecule is CC(C)C(CN(C)C)NC(=O)CCNC1CC1. The Bertz CT molecular complexity index is 237. The van der Waals surface area contributed by atoms with Gasteiger partial charge in [0.05, 0.1) is 0 Å². The first-order valence-electron chi connectivity index (χ1n) is 6.66. The zero-order chi connectivity index (χ0) is 12.8. The van der Waals surface area contributed by atoms with E-state index >= 15 is 0 Å². The highest BCUT2D eigenvalue weighted by molar-refractivity contribution is 5.76. The fraction of sp³-hybridized carbons (Fsp3) is 0.923. The molecule has 0 aromatic carbocycles. The van der Waals surface area contributed by atoms with E-state index in [2.05, 4.69) is 29.4 Å². The predicted molar refractivity (Wildman–Crippen MR) is 71.0 cm³/mol. The molecule has 1 aliphatic carbocycles. The van der Waals surface area contributed by atoms with Crippen molar-refractivity contribution in [3.8, 4) is 0 Å². The standard InChI is InChI=1S/C13H27N3O/c1-10(2)12(9-16(3)4)15-13(17)7-8-14-11-5-6-11/h10-12,14H,5-9H2,1-4H3,(H,15,17). The van der Waals surface area contributed by atoms with Crippen molar-refractivity contribution in [1.82, 2.24) is 15.5 Å². The summed E-state index contributed by atoms with van der Waals surface area (Å²) in [4.78, 5) is 13.9. The molecule has 1 saturated carbocycles. The van der Waals surface area contributed by atoms with Gasteiger partial charge in [-0.05, 0) is 32.9 Å². The molecule has 1 fully saturated rings. The summed E-state index contributed by atoms with van der Waals surface area (Å²) in [7, 11) is 4.08. The first kappa shape index (κ1) is 14.5. The molecule has 0 aliphatic heterocycles. The minimum atomic E-state index is 0.165. The van der Waals surface area contributed by atoms with Crippen LogP contribution in [0.5, 0.6) is 0 Å². The molecule has 1 atom stereocenters. The molecule has 17 heavy (non-hydrogen) atoms. The van der Waals surface area contributed by atoms with Crippen LogP contribution in [0.15, 0.2) is 0 Å². The summed E-state index contributed by atoms with van der Waals surface area (Å²) in [6, 6.07) is 0.934. The Hall–Kier alpha value is -0.610.